The van der Waals surface area contributed by atoms with Crippen molar-refractivity contribution in [3.05, 3.63) is 34.7 Å². The molecule has 128 valence electrons. The highest BCUT2D eigenvalue weighted by Crippen LogP contribution is 2.38. The lowest BCUT2D eigenvalue weighted by Crippen LogP contribution is -2.22. The number of anilines is 1. The number of nitrogens with zero attached hydrogens (tertiary/aromatic N) is 1. The number of nitrogens with two attached hydrogens (primary N) is 2. The van der Waals surface area contributed by atoms with Gasteiger partial charge in [0.25, 0.3) is 0 Å². The molecule has 3 rings (SSSR count). The quantitative estimate of drug-likeness (QED) is 0.645. The molecule has 1 aliphatic rings. The fourth-order valence-electron chi connectivity index (χ4n) is 3.64. The number of carbonyl (C=O) groups is 1. The molecular weight excluding hydrogens is 318 g/mol. The van der Waals surface area contributed by atoms with Gasteiger partial charge in [-0.15, -0.1) is 11.3 Å². The number of hydrogen-bond donors (Lipinski definition) is 2. The van der Waals surface area contributed by atoms with Crippen molar-refractivity contribution in [3.63, 3.8) is 0 Å². The maximum Gasteiger partial charge on any atom is 0.220 e. The summed E-state index contributed by atoms with van der Waals surface area (Å²) in [6.07, 6.45) is 5.14. The maximum atomic E-state index is 11.4. The Balaban J connectivity index is 1.71. The maximum absolute atomic E-state index is 11.4. The molecule has 1 aliphatic carbocycles. The first kappa shape index (κ1) is 17.0. The number of nitrogen functional groups attached to an aromatic ring is 1. The van der Waals surface area contributed by atoms with Crippen LogP contribution in [0.3, 0.4) is 0 Å². The Hall–Kier alpha value is -1.88. The van der Waals surface area contributed by atoms with Crippen molar-refractivity contribution >= 4 is 22.9 Å². The van der Waals surface area contributed by atoms with Gasteiger partial charge in [-0.25, -0.2) is 4.98 Å². The van der Waals surface area contributed by atoms with Crippen molar-refractivity contribution in [2.24, 2.45) is 17.6 Å². The molecule has 1 saturated carbocycles. The minimum atomic E-state index is -0.137. The Kier molecular flexibility index (Phi) is 5.19. The third-order valence-electron chi connectivity index (χ3n) is 5.22. The second kappa shape index (κ2) is 7.34. The summed E-state index contributed by atoms with van der Waals surface area (Å²) in [5.74, 6) is 0.911. The van der Waals surface area contributed by atoms with Gasteiger partial charge in [0.15, 0.2) is 0 Å². The lowest BCUT2D eigenvalue weighted by molar-refractivity contribution is -0.122. The van der Waals surface area contributed by atoms with Crippen LogP contribution in [0.4, 0.5) is 5.69 Å². The summed E-state index contributed by atoms with van der Waals surface area (Å²) >= 11 is 1.72. The molecule has 24 heavy (non-hydrogen) atoms. The molecule has 2 aromatic rings. The normalized spacial score (nSPS) is 22.7. The second-order valence-electron chi connectivity index (χ2n) is 6.85. The molecule has 1 amide bonds. The van der Waals surface area contributed by atoms with E-state index in [-0.39, 0.29) is 11.8 Å². The van der Waals surface area contributed by atoms with Crippen LogP contribution >= 0.6 is 11.3 Å². The van der Waals surface area contributed by atoms with Gasteiger partial charge in [0.05, 0.1) is 10.7 Å². The number of amides is 1. The van der Waals surface area contributed by atoms with Crippen molar-refractivity contribution < 1.29 is 4.79 Å². The van der Waals surface area contributed by atoms with E-state index >= 15 is 0 Å². The minimum Gasteiger partial charge on any atom is -0.399 e. The largest absolute Gasteiger partial charge is 0.399 e. The van der Waals surface area contributed by atoms with E-state index in [1.54, 1.807) is 11.3 Å². The van der Waals surface area contributed by atoms with E-state index in [4.69, 9.17) is 16.5 Å². The van der Waals surface area contributed by atoms with Crippen molar-refractivity contribution in [2.75, 3.05) is 5.73 Å². The first-order chi connectivity index (χ1) is 11.5. The van der Waals surface area contributed by atoms with Gasteiger partial charge in [-0.2, -0.15) is 0 Å². The Labute approximate surface area is 147 Å². The summed E-state index contributed by atoms with van der Waals surface area (Å²) < 4.78 is 0. The highest BCUT2D eigenvalue weighted by atomic mass is 32.1. The molecule has 0 bridgehead atoms. The highest BCUT2D eigenvalue weighted by molar-refractivity contribution is 7.10. The van der Waals surface area contributed by atoms with E-state index in [2.05, 4.69) is 12.3 Å². The van der Waals surface area contributed by atoms with Gasteiger partial charge in [0.2, 0.25) is 5.91 Å². The average molecular weight is 343 g/mol. The summed E-state index contributed by atoms with van der Waals surface area (Å²) in [5.41, 5.74) is 14.2. The first-order valence-electron chi connectivity index (χ1n) is 8.65. The molecule has 1 aromatic heterocycles. The van der Waals surface area contributed by atoms with Crippen LogP contribution in [0.25, 0.3) is 11.3 Å². The molecule has 1 fully saturated rings. The molecule has 3 unspecified atom stereocenters. The minimum absolute atomic E-state index is 0.0568. The van der Waals surface area contributed by atoms with Crippen LogP contribution in [0, 0.1) is 11.8 Å². The van der Waals surface area contributed by atoms with Crippen LogP contribution < -0.4 is 11.5 Å². The van der Waals surface area contributed by atoms with E-state index in [1.165, 1.54) is 5.01 Å². The number of hydrogen-bond acceptors (Lipinski definition) is 4. The van der Waals surface area contributed by atoms with Gasteiger partial charge >= 0.3 is 0 Å². The SMILES string of the molecule is CC(c1nc(-c2cccc(N)c2)cs1)C1CCCC(C(N)=O)CC1. The molecule has 3 atom stereocenters. The molecular formula is C19H25N3OS. The Morgan fingerprint density at radius 2 is 2.12 bits per heavy atom. The third kappa shape index (κ3) is 3.78. The average Bonchev–Trinajstić information content (AvgIpc) is 2.92. The summed E-state index contributed by atoms with van der Waals surface area (Å²) in [4.78, 5) is 16.3. The summed E-state index contributed by atoms with van der Waals surface area (Å²) in [7, 11) is 0. The predicted octanol–water partition coefficient (Wildman–Crippen LogP) is 4.18. The highest BCUT2D eigenvalue weighted by Gasteiger charge is 2.27. The second-order valence-corrected chi connectivity index (χ2v) is 7.74. The fraction of sp³-hybridized carbons (Fsp3) is 0.474. The molecule has 4 N–H and O–H groups in total. The monoisotopic (exact) mass is 343 g/mol. The third-order valence-corrected chi connectivity index (χ3v) is 6.26. The van der Waals surface area contributed by atoms with E-state index in [9.17, 15) is 4.79 Å². The molecule has 1 heterocycles. The van der Waals surface area contributed by atoms with Crippen molar-refractivity contribution in [2.45, 2.75) is 44.9 Å². The zero-order valence-electron chi connectivity index (χ0n) is 14.1. The lowest BCUT2D eigenvalue weighted by atomic mass is 9.87. The van der Waals surface area contributed by atoms with Gasteiger partial charge < -0.3 is 11.5 Å². The molecule has 4 nitrogen and oxygen atoms in total. The van der Waals surface area contributed by atoms with E-state index in [0.29, 0.717) is 11.8 Å². The Bertz CT molecular complexity index is 712. The van der Waals surface area contributed by atoms with Gasteiger partial charge in [0.1, 0.15) is 0 Å². The van der Waals surface area contributed by atoms with Gasteiger partial charge in [-0.1, -0.05) is 25.5 Å². The van der Waals surface area contributed by atoms with E-state index < -0.39 is 0 Å². The number of aromatic nitrogens is 1. The Morgan fingerprint density at radius 3 is 2.88 bits per heavy atom. The van der Waals surface area contributed by atoms with Crippen LogP contribution in [-0.4, -0.2) is 10.9 Å². The van der Waals surface area contributed by atoms with Crippen molar-refractivity contribution in [3.8, 4) is 11.3 Å². The molecule has 0 spiro atoms. The van der Waals surface area contributed by atoms with Gasteiger partial charge in [-0.05, 0) is 43.7 Å². The standard InChI is InChI=1S/C19H25N3OS/c1-12(13-4-2-5-14(9-8-13)18(21)23)19-22-17(11-24-19)15-6-3-7-16(20)10-15/h3,6-7,10-14H,2,4-5,8-9,20H2,1H3,(H2,21,23). The molecule has 0 radical (unpaired) electrons. The van der Waals surface area contributed by atoms with Crippen LogP contribution in [0.15, 0.2) is 29.6 Å². The molecule has 0 aliphatic heterocycles. The Morgan fingerprint density at radius 1 is 1.29 bits per heavy atom. The van der Waals surface area contributed by atoms with Crippen LogP contribution in [-0.2, 0) is 4.79 Å². The smallest absolute Gasteiger partial charge is 0.220 e. The van der Waals surface area contributed by atoms with Crippen molar-refractivity contribution in [1.82, 2.24) is 4.98 Å². The molecule has 5 heteroatoms. The zero-order valence-corrected chi connectivity index (χ0v) is 14.9. The first-order valence-corrected chi connectivity index (χ1v) is 9.53. The number of thiazole rings is 1. The molecule has 0 saturated heterocycles. The van der Waals surface area contributed by atoms with Crippen LogP contribution in [0.1, 0.15) is 50.0 Å². The van der Waals surface area contributed by atoms with Crippen LogP contribution in [0.5, 0.6) is 0 Å². The van der Waals surface area contributed by atoms with Gasteiger partial charge in [0, 0.05) is 28.5 Å². The van der Waals surface area contributed by atoms with E-state index in [0.717, 1.165) is 49.0 Å². The molecule has 1 aromatic carbocycles. The number of rotatable bonds is 4. The topological polar surface area (TPSA) is 82.0 Å². The number of carbonyl (C=O) groups excluding carboxylic acids is 1. The summed E-state index contributed by atoms with van der Waals surface area (Å²) in [5, 5.41) is 3.29. The number of primary amides is 1. The fourth-order valence-corrected chi connectivity index (χ4v) is 4.62. The predicted molar refractivity (Wildman–Crippen MR) is 99.6 cm³/mol. The number of benzene rings is 1. The summed E-state index contributed by atoms with van der Waals surface area (Å²) in [6, 6.07) is 7.86. The van der Waals surface area contributed by atoms with Gasteiger partial charge in [-0.3, -0.25) is 4.79 Å². The van der Waals surface area contributed by atoms with E-state index in [1.807, 2.05) is 24.3 Å². The zero-order chi connectivity index (χ0) is 17.1. The summed E-state index contributed by atoms with van der Waals surface area (Å²) in [6.45, 7) is 2.26. The lowest BCUT2D eigenvalue weighted by Gasteiger charge is -2.20. The van der Waals surface area contributed by atoms with Crippen molar-refractivity contribution in [1.29, 1.82) is 0 Å². The van der Waals surface area contributed by atoms with Crippen LogP contribution in [0.2, 0.25) is 0 Å².